The lowest BCUT2D eigenvalue weighted by Gasteiger charge is -2.34. The third-order valence-corrected chi connectivity index (χ3v) is 12.2. The Labute approximate surface area is 351 Å². The van der Waals surface area contributed by atoms with E-state index in [0.717, 1.165) is 64.3 Å². The highest BCUT2D eigenvalue weighted by Gasteiger charge is 2.42. The summed E-state index contributed by atoms with van der Waals surface area (Å²) in [6, 6.07) is 29.6. The van der Waals surface area contributed by atoms with E-state index in [1.54, 1.807) is 37.4 Å². The molecule has 1 aliphatic rings. The number of hydrogen-bond acceptors (Lipinski definition) is 9. The number of rotatable bonds is 19. The molecule has 60 heavy (non-hydrogen) atoms. The lowest BCUT2D eigenvalue weighted by Crippen LogP contribution is -2.44. The van der Waals surface area contributed by atoms with Crippen LogP contribution in [-0.4, -0.2) is 69.3 Å². The molecule has 0 spiro atoms. The quantitative estimate of drug-likeness (QED) is 0.0432. The molecule has 6 aromatic rings. The number of hydrogen-bond donors (Lipinski definition) is 7. The van der Waals surface area contributed by atoms with E-state index in [1.165, 1.54) is 13.2 Å². The fourth-order valence-corrected chi connectivity index (χ4v) is 9.02. The molecule has 1 aliphatic carbocycles. The van der Waals surface area contributed by atoms with Crippen molar-refractivity contribution in [2.45, 2.75) is 82.0 Å². The zero-order valence-electron chi connectivity index (χ0n) is 34.4. The number of ether oxygens (including phenoxy) is 2. The van der Waals surface area contributed by atoms with E-state index >= 15 is 4.79 Å². The van der Waals surface area contributed by atoms with Gasteiger partial charge in [-0.25, -0.2) is 0 Å². The summed E-state index contributed by atoms with van der Waals surface area (Å²) in [5.41, 5.74) is 3.86. The molecule has 0 aliphatic heterocycles. The highest BCUT2D eigenvalue weighted by Crippen LogP contribution is 2.40. The Kier molecular flexibility index (Phi) is 13.4. The van der Waals surface area contributed by atoms with Gasteiger partial charge in [0.05, 0.1) is 31.3 Å². The number of aliphatic hydroxyl groups is 2. The van der Waals surface area contributed by atoms with Gasteiger partial charge >= 0.3 is 0 Å². The second-order valence-electron chi connectivity index (χ2n) is 16.3. The average Bonchev–Trinajstić information content (AvgIpc) is 3.97. The first-order valence-corrected chi connectivity index (χ1v) is 20.9. The third kappa shape index (κ3) is 9.47. The van der Waals surface area contributed by atoms with Crippen LogP contribution in [0.4, 0.5) is 0 Å². The molecule has 7 N–H and O–H groups in total. The number of aromatic nitrogens is 1. The molecule has 0 amide bonds. The van der Waals surface area contributed by atoms with E-state index in [4.69, 9.17) is 9.47 Å². The molecule has 0 saturated heterocycles. The number of phenolic OH excluding ortho intramolecular Hbond substituents is 3. The van der Waals surface area contributed by atoms with E-state index in [-0.39, 0.29) is 36.2 Å². The van der Waals surface area contributed by atoms with Crippen LogP contribution in [-0.2, 0) is 42.4 Å². The molecule has 0 radical (unpaired) electrons. The van der Waals surface area contributed by atoms with Gasteiger partial charge in [-0.2, -0.15) is 0 Å². The Morgan fingerprint density at radius 2 is 1.65 bits per heavy atom. The summed E-state index contributed by atoms with van der Waals surface area (Å²) in [5.74, 6) is -0.247. The number of nitrogens with one attached hydrogen (secondary N) is 2. The standard InChI is InChI=1S/C50H56N2O8/c1-51-29-34-21-39(26-40(54)22-34)50(31-53,28-32-14-16-44(55)47(23-32)60-41-11-4-5-12-41)48(58)27-46(57)38(20-33-18-19-52-30-33)24-37-15-17-45(56)49(59-2)43(37)25-36-10-7-9-35-8-3-6-13-42(35)36/h3,6-10,13-19,21-23,26,30,38,41,46,51-57H,4-5,11-12,20,24-25,27-29,31H2,1-2H3. The maximum Gasteiger partial charge on any atom is 0.164 e. The predicted octanol–water partition coefficient (Wildman–Crippen LogP) is 7.82. The molecule has 10 heteroatoms. The van der Waals surface area contributed by atoms with Crippen molar-refractivity contribution < 1.29 is 39.8 Å². The maximum atomic E-state index is 15.1. The molecule has 10 nitrogen and oxygen atoms in total. The normalized spacial score (nSPS) is 15.1. The van der Waals surface area contributed by atoms with Crippen LogP contribution in [0.2, 0.25) is 0 Å². The van der Waals surface area contributed by atoms with Gasteiger partial charge in [0.25, 0.3) is 0 Å². The molecular weight excluding hydrogens is 757 g/mol. The van der Waals surface area contributed by atoms with Gasteiger partial charge in [-0.15, -0.1) is 0 Å². The van der Waals surface area contributed by atoms with Gasteiger partial charge < -0.3 is 45.3 Å². The van der Waals surface area contributed by atoms with Crippen molar-refractivity contribution in [2.24, 2.45) is 5.92 Å². The largest absolute Gasteiger partial charge is 0.508 e. The Morgan fingerprint density at radius 3 is 2.40 bits per heavy atom. The van der Waals surface area contributed by atoms with Crippen LogP contribution in [0, 0.1) is 5.92 Å². The smallest absolute Gasteiger partial charge is 0.164 e. The van der Waals surface area contributed by atoms with Crippen LogP contribution in [0.25, 0.3) is 10.8 Å². The van der Waals surface area contributed by atoms with E-state index in [1.807, 2.05) is 48.8 Å². The number of H-pyrrole nitrogens is 1. The number of aromatic hydroxyl groups is 3. The maximum absolute atomic E-state index is 15.1. The summed E-state index contributed by atoms with van der Waals surface area (Å²) < 4.78 is 12.0. The van der Waals surface area contributed by atoms with E-state index in [0.29, 0.717) is 48.4 Å². The number of phenols is 3. The zero-order valence-corrected chi connectivity index (χ0v) is 34.4. The molecule has 1 heterocycles. The number of ketones is 1. The first kappa shape index (κ1) is 42.3. The zero-order chi connectivity index (χ0) is 42.2. The number of benzene rings is 5. The minimum atomic E-state index is -1.58. The first-order chi connectivity index (χ1) is 29.1. The van der Waals surface area contributed by atoms with E-state index < -0.39 is 29.8 Å². The number of aliphatic hydroxyl groups excluding tert-OH is 2. The SMILES string of the molecule is CNCc1cc(O)cc(C(CO)(Cc2ccc(O)c(OC3CCCC3)c2)C(=O)CC(O)C(Cc2cc[nH]c2)Cc2ccc(O)c(OC)c2Cc2cccc3ccccc23)c1. The molecule has 3 unspecified atom stereocenters. The van der Waals surface area contributed by atoms with Gasteiger partial charge in [-0.1, -0.05) is 60.7 Å². The Hall–Kier alpha value is -5.81. The number of aromatic amines is 1. The van der Waals surface area contributed by atoms with Gasteiger partial charge in [-0.3, -0.25) is 4.79 Å². The molecule has 1 saturated carbocycles. The molecule has 7 rings (SSSR count). The topological polar surface area (TPSA) is 164 Å². The molecule has 3 atom stereocenters. The van der Waals surface area contributed by atoms with Gasteiger partial charge in [0.15, 0.2) is 23.0 Å². The second-order valence-corrected chi connectivity index (χ2v) is 16.3. The summed E-state index contributed by atoms with van der Waals surface area (Å²) in [4.78, 5) is 18.2. The lowest BCUT2D eigenvalue weighted by atomic mass is 9.70. The Balaban J connectivity index is 1.25. The first-order valence-electron chi connectivity index (χ1n) is 20.9. The molecule has 314 valence electrons. The van der Waals surface area contributed by atoms with Crippen LogP contribution in [0.3, 0.4) is 0 Å². The van der Waals surface area contributed by atoms with Crippen LogP contribution in [0.5, 0.6) is 28.7 Å². The molecule has 5 aromatic carbocycles. The van der Waals surface area contributed by atoms with E-state index in [9.17, 15) is 25.5 Å². The van der Waals surface area contributed by atoms with Crippen molar-refractivity contribution in [1.82, 2.24) is 10.3 Å². The number of carbonyl (C=O) groups is 1. The number of carbonyl (C=O) groups excluding carboxylic acids is 1. The Morgan fingerprint density at radius 1 is 0.867 bits per heavy atom. The van der Waals surface area contributed by atoms with Gasteiger partial charge in [0.1, 0.15) is 11.5 Å². The highest BCUT2D eigenvalue weighted by atomic mass is 16.5. The molecule has 1 aromatic heterocycles. The third-order valence-electron chi connectivity index (χ3n) is 12.2. The number of Topliss-reactive ketones (excluding diaryl/α,β-unsaturated/α-hetero) is 1. The van der Waals surface area contributed by atoms with Crippen molar-refractivity contribution in [2.75, 3.05) is 20.8 Å². The highest BCUT2D eigenvalue weighted by molar-refractivity contribution is 5.91. The number of fused-ring (bicyclic) bond motifs is 1. The minimum Gasteiger partial charge on any atom is -0.508 e. The fraction of sp³-hybridized carbons (Fsp3) is 0.340. The summed E-state index contributed by atoms with van der Waals surface area (Å²) in [6.45, 7) is -0.193. The number of methoxy groups -OCH3 is 1. The van der Waals surface area contributed by atoms with Crippen LogP contribution < -0.4 is 14.8 Å². The summed E-state index contributed by atoms with van der Waals surface area (Å²) >= 11 is 0. The second kappa shape index (κ2) is 19.1. The van der Waals surface area contributed by atoms with Crippen molar-refractivity contribution in [3.63, 3.8) is 0 Å². The Bertz CT molecular complexity index is 2380. The van der Waals surface area contributed by atoms with Crippen LogP contribution >= 0.6 is 0 Å². The molecular formula is C50H56N2O8. The summed E-state index contributed by atoms with van der Waals surface area (Å²) in [7, 11) is 3.32. The van der Waals surface area contributed by atoms with Gasteiger partial charge in [0, 0.05) is 37.3 Å². The van der Waals surface area contributed by atoms with Crippen molar-refractivity contribution in [3.05, 3.63) is 148 Å². The summed E-state index contributed by atoms with van der Waals surface area (Å²) in [6.07, 6.45) is 7.36. The fourth-order valence-electron chi connectivity index (χ4n) is 9.02. The van der Waals surface area contributed by atoms with Crippen molar-refractivity contribution in [3.8, 4) is 28.7 Å². The molecule has 0 bridgehead atoms. The van der Waals surface area contributed by atoms with E-state index in [2.05, 4.69) is 34.6 Å². The van der Waals surface area contributed by atoms with Crippen molar-refractivity contribution in [1.29, 1.82) is 0 Å². The lowest BCUT2D eigenvalue weighted by molar-refractivity contribution is -0.129. The monoisotopic (exact) mass is 812 g/mol. The van der Waals surface area contributed by atoms with Gasteiger partial charge in [-0.05, 0) is 138 Å². The van der Waals surface area contributed by atoms with Crippen LogP contribution in [0.1, 0.15) is 71.0 Å². The van der Waals surface area contributed by atoms with Crippen LogP contribution in [0.15, 0.2) is 109 Å². The predicted molar refractivity (Wildman–Crippen MR) is 233 cm³/mol. The minimum absolute atomic E-state index is 0.00561. The van der Waals surface area contributed by atoms with Crippen molar-refractivity contribution >= 4 is 16.6 Å². The molecule has 1 fully saturated rings. The summed E-state index contributed by atoms with van der Waals surface area (Å²) in [5, 5.41) is 61.8. The average molecular weight is 813 g/mol. The van der Waals surface area contributed by atoms with Gasteiger partial charge in [0.2, 0.25) is 0 Å².